The van der Waals surface area contributed by atoms with E-state index in [0.717, 1.165) is 24.4 Å². The molecule has 0 aliphatic heterocycles. The third kappa shape index (κ3) is 3.42. The lowest BCUT2D eigenvalue weighted by atomic mass is 10.2. The van der Waals surface area contributed by atoms with Crippen LogP contribution >= 0.6 is 22.6 Å². The second kappa shape index (κ2) is 5.99. The molecule has 108 valence electrons. The normalized spacial score (nSPS) is 10.2. The van der Waals surface area contributed by atoms with Crippen LogP contribution in [0.1, 0.15) is 10.4 Å². The highest BCUT2D eigenvalue weighted by molar-refractivity contribution is 14.1. The van der Waals surface area contributed by atoms with E-state index < -0.39 is 22.4 Å². The number of benzene rings is 1. The fraction of sp³-hybridized carbons (Fsp3) is 0. The highest BCUT2D eigenvalue weighted by Crippen LogP contribution is 2.34. The monoisotopic (exact) mass is 404 g/mol. The van der Waals surface area contributed by atoms with Crippen molar-refractivity contribution >= 4 is 34.2 Å². The van der Waals surface area contributed by atoms with Gasteiger partial charge in [-0.3, -0.25) is 15.1 Å². The molecule has 1 heterocycles. The summed E-state index contributed by atoms with van der Waals surface area (Å²) in [5, 5.41) is 19.8. The van der Waals surface area contributed by atoms with Gasteiger partial charge in [-0.25, -0.2) is 9.18 Å². The number of nitro benzene ring substituents is 1. The number of nitro groups is 1. The molecule has 2 aromatic rings. The average Bonchev–Trinajstić information content (AvgIpc) is 2.42. The van der Waals surface area contributed by atoms with Crippen LogP contribution in [0.25, 0.3) is 0 Å². The number of ether oxygens (including phenoxy) is 1. The Labute approximate surface area is 130 Å². The van der Waals surface area contributed by atoms with Gasteiger partial charge in [0.15, 0.2) is 0 Å². The van der Waals surface area contributed by atoms with Crippen molar-refractivity contribution in [2.45, 2.75) is 0 Å². The molecular formula is C12H6FIN2O5. The van der Waals surface area contributed by atoms with E-state index in [1.54, 1.807) is 22.6 Å². The zero-order valence-electron chi connectivity index (χ0n) is 10.1. The first kappa shape index (κ1) is 15.1. The lowest BCUT2D eigenvalue weighted by molar-refractivity contribution is -0.385. The summed E-state index contributed by atoms with van der Waals surface area (Å²) in [7, 11) is 0. The van der Waals surface area contributed by atoms with Gasteiger partial charge in [-0.2, -0.15) is 0 Å². The second-order valence-electron chi connectivity index (χ2n) is 3.81. The zero-order valence-corrected chi connectivity index (χ0v) is 12.3. The number of carboxylic acid groups (broad SMARTS) is 1. The molecule has 0 saturated heterocycles. The van der Waals surface area contributed by atoms with Gasteiger partial charge >= 0.3 is 11.7 Å². The highest BCUT2D eigenvalue weighted by atomic mass is 127. The Balaban J connectivity index is 2.43. The van der Waals surface area contributed by atoms with Gasteiger partial charge < -0.3 is 9.84 Å². The summed E-state index contributed by atoms with van der Waals surface area (Å²) in [5.41, 5.74) is -0.581. The molecule has 0 saturated carbocycles. The molecule has 0 fully saturated rings. The fourth-order valence-electron chi connectivity index (χ4n) is 1.46. The molecule has 0 amide bonds. The molecule has 1 aromatic carbocycles. The summed E-state index contributed by atoms with van der Waals surface area (Å²) in [6.07, 6.45) is 2.27. The minimum atomic E-state index is -1.23. The lowest BCUT2D eigenvalue weighted by Crippen LogP contribution is -1.99. The Morgan fingerprint density at radius 2 is 2.10 bits per heavy atom. The Bertz CT molecular complexity index is 738. The van der Waals surface area contributed by atoms with Crippen molar-refractivity contribution in [3.63, 3.8) is 0 Å². The van der Waals surface area contributed by atoms with E-state index >= 15 is 0 Å². The van der Waals surface area contributed by atoms with E-state index in [2.05, 4.69) is 4.98 Å². The maximum Gasteiger partial charge on any atom is 0.337 e. The van der Waals surface area contributed by atoms with Gasteiger partial charge in [-0.05, 0) is 28.7 Å². The molecule has 0 bridgehead atoms. The number of carboxylic acids is 1. The van der Waals surface area contributed by atoms with Crippen LogP contribution < -0.4 is 4.74 Å². The summed E-state index contributed by atoms with van der Waals surface area (Å²) in [6.45, 7) is 0. The van der Waals surface area contributed by atoms with Crippen LogP contribution in [-0.2, 0) is 0 Å². The molecule has 0 spiro atoms. The average molecular weight is 404 g/mol. The second-order valence-corrected chi connectivity index (χ2v) is 4.97. The Kier molecular flexibility index (Phi) is 4.31. The summed E-state index contributed by atoms with van der Waals surface area (Å²) in [4.78, 5) is 24.7. The van der Waals surface area contributed by atoms with Crippen molar-refractivity contribution in [1.29, 1.82) is 0 Å². The molecule has 0 unspecified atom stereocenters. The predicted octanol–water partition coefficient (Wildman–Crippen LogP) is 3.22. The molecule has 9 heteroatoms. The number of rotatable bonds is 4. The topological polar surface area (TPSA) is 103 Å². The SMILES string of the molecule is O=C(O)c1cncc(Oc2cc(F)c(I)cc2[N+](=O)[O-])c1. The van der Waals surface area contributed by atoms with Crippen LogP contribution in [0.4, 0.5) is 10.1 Å². The smallest absolute Gasteiger partial charge is 0.337 e. The number of carbonyl (C=O) groups is 1. The van der Waals surface area contributed by atoms with Crippen molar-refractivity contribution in [2.24, 2.45) is 0 Å². The van der Waals surface area contributed by atoms with Gasteiger partial charge in [0.2, 0.25) is 5.75 Å². The number of aromatic carboxylic acids is 1. The fourth-order valence-corrected chi connectivity index (χ4v) is 1.91. The van der Waals surface area contributed by atoms with E-state index in [0.29, 0.717) is 0 Å². The summed E-state index contributed by atoms with van der Waals surface area (Å²) >= 11 is 1.62. The third-order valence-electron chi connectivity index (χ3n) is 2.39. The molecule has 7 nitrogen and oxygen atoms in total. The molecule has 1 N–H and O–H groups in total. The van der Waals surface area contributed by atoms with Gasteiger partial charge in [0.25, 0.3) is 0 Å². The van der Waals surface area contributed by atoms with Crippen molar-refractivity contribution in [3.05, 3.63) is 55.7 Å². The molecule has 0 aliphatic rings. The molecule has 21 heavy (non-hydrogen) atoms. The largest absolute Gasteiger partial charge is 0.478 e. The van der Waals surface area contributed by atoms with Gasteiger partial charge in [0.1, 0.15) is 11.6 Å². The number of hydrogen-bond donors (Lipinski definition) is 1. The van der Waals surface area contributed by atoms with E-state index in [1.807, 2.05) is 0 Å². The number of pyridine rings is 1. The predicted molar refractivity (Wildman–Crippen MR) is 77.0 cm³/mol. The highest BCUT2D eigenvalue weighted by Gasteiger charge is 2.20. The van der Waals surface area contributed by atoms with Crippen LogP contribution in [0.5, 0.6) is 11.5 Å². The van der Waals surface area contributed by atoms with Crippen LogP contribution in [0, 0.1) is 19.5 Å². The van der Waals surface area contributed by atoms with E-state index in [1.165, 1.54) is 6.20 Å². The van der Waals surface area contributed by atoms with E-state index in [9.17, 15) is 19.3 Å². The van der Waals surface area contributed by atoms with E-state index in [-0.39, 0.29) is 20.6 Å². The Morgan fingerprint density at radius 1 is 1.38 bits per heavy atom. The standard InChI is InChI=1S/C12H6FIN2O5/c13-8-2-11(10(16(19)20)3-9(8)14)21-7-1-6(12(17)18)4-15-5-7/h1-5H,(H,17,18). The quantitative estimate of drug-likeness (QED) is 0.477. The van der Waals surface area contributed by atoms with Gasteiger partial charge in [-0.15, -0.1) is 0 Å². The van der Waals surface area contributed by atoms with Crippen LogP contribution in [0.15, 0.2) is 30.6 Å². The summed E-state index contributed by atoms with van der Waals surface area (Å²) in [6, 6.07) is 3.03. The van der Waals surface area contributed by atoms with Crippen molar-refractivity contribution < 1.29 is 24.0 Å². The van der Waals surface area contributed by atoms with Crippen molar-refractivity contribution in [3.8, 4) is 11.5 Å². The molecule has 0 atom stereocenters. The maximum atomic E-state index is 13.5. The minimum Gasteiger partial charge on any atom is -0.478 e. The number of nitrogens with zero attached hydrogens (tertiary/aromatic N) is 2. The van der Waals surface area contributed by atoms with Crippen molar-refractivity contribution in [1.82, 2.24) is 4.98 Å². The number of aromatic nitrogens is 1. The number of halogens is 2. The van der Waals surface area contributed by atoms with Crippen LogP contribution in [-0.4, -0.2) is 21.0 Å². The van der Waals surface area contributed by atoms with Gasteiger partial charge in [-0.1, -0.05) is 0 Å². The molecular weight excluding hydrogens is 398 g/mol. The first-order valence-electron chi connectivity index (χ1n) is 5.38. The molecule has 1 aromatic heterocycles. The van der Waals surface area contributed by atoms with Gasteiger partial charge in [0.05, 0.1) is 20.3 Å². The zero-order chi connectivity index (χ0) is 15.6. The minimum absolute atomic E-state index is 0.0430. The van der Waals surface area contributed by atoms with Crippen LogP contribution in [0.3, 0.4) is 0 Å². The Hall–Kier alpha value is -2.30. The number of hydrogen-bond acceptors (Lipinski definition) is 5. The third-order valence-corrected chi connectivity index (χ3v) is 3.21. The summed E-state index contributed by atoms with van der Waals surface area (Å²) in [5.74, 6) is -2.28. The molecule has 0 aliphatic carbocycles. The summed E-state index contributed by atoms with van der Waals surface area (Å²) < 4.78 is 18.8. The molecule has 0 radical (unpaired) electrons. The first-order valence-corrected chi connectivity index (χ1v) is 6.46. The van der Waals surface area contributed by atoms with Gasteiger partial charge in [0, 0.05) is 18.3 Å². The lowest BCUT2D eigenvalue weighted by Gasteiger charge is -2.07. The Morgan fingerprint density at radius 3 is 2.71 bits per heavy atom. The van der Waals surface area contributed by atoms with Crippen LogP contribution in [0.2, 0.25) is 0 Å². The first-order chi connectivity index (χ1) is 9.88. The molecule has 2 rings (SSSR count). The van der Waals surface area contributed by atoms with E-state index in [4.69, 9.17) is 9.84 Å². The maximum absolute atomic E-state index is 13.5. The van der Waals surface area contributed by atoms with Crippen molar-refractivity contribution in [2.75, 3.05) is 0 Å².